The molecule has 2 aromatic heterocycles. The summed E-state index contributed by atoms with van der Waals surface area (Å²) >= 11 is 0. The Kier molecular flexibility index (Phi) is 10.7. The van der Waals surface area contributed by atoms with Gasteiger partial charge >= 0.3 is 0 Å². The van der Waals surface area contributed by atoms with Gasteiger partial charge in [0.25, 0.3) is 0 Å². The normalized spacial score (nSPS) is 12.8. The Morgan fingerprint density at radius 3 is 1.21 bits per heavy atom. The number of rotatable bonds is 8. The third-order valence-corrected chi connectivity index (χ3v) is 19.2. The molecule has 89 heavy (non-hydrogen) atoms. The average Bonchev–Trinajstić information content (AvgIpc) is 1.50. The number of nitrogens with zero attached hydrogens (tertiary/aromatic N) is 2. The van der Waals surface area contributed by atoms with E-state index in [4.69, 9.17) is 8.83 Å². The minimum Gasteiger partial charge on any atom is -0.453 e. The van der Waals surface area contributed by atoms with Gasteiger partial charge in [-0.05, 0) is 137 Å². The lowest BCUT2D eigenvalue weighted by Crippen LogP contribution is -2.26. The predicted molar refractivity (Wildman–Crippen MR) is 370 cm³/mol. The fourth-order valence-electron chi connectivity index (χ4n) is 15.7. The minimum absolute atomic E-state index is 0.723. The molecule has 0 unspecified atom stereocenters. The molecule has 0 saturated heterocycles. The van der Waals surface area contributed by atoms with Gasteiger partial charge < -0.3 is 18.6 Å². The van der Waals surface area contributed by atoms with Crippen LogP contribution in [-0.4, -0.2) is 0 Å². The molecule has 0 radical (unpaired) electrons. The van der Waals surface area contributed by atoms with Crippen LogP contribution in [0.4, 0.5) is 34.1 Å². The summed E-state index contributed by atoms with van der Waals surface area (Å²) in [6.45, 7) is 0. The molecular weight excluding hydrogens is 1080 g/mol. The van der Waals surface area contributed by atoms with Gasteiger partial charge in [0.15, 0.2) is 11.2 Å². The Labute approximate surface area is 513 Å². The Bertz CT molecular complexity index is 5700. The summed E-state index contributed by atoms with van der Waals surface area (Å²) < 4.78 is 14.5. The molecule has 0 bridgehead atoms. The van der Waals surface area contributed by atoms with Crippen LogP contribution in [0, 0.1) is 0 Å². The average molecular weight is 1130 g/mol. The smallest absolute Gasteiger partial charge is 0.159 e. The molecule has 17 aromatic rings. The lowest BCUT2D eigenvalue weighted by Gasteiger charge is -2.34. The van der Waals surface area contributed by atoms with Crippen LogP contribution in [0.15, 0.2) is 324 Å². The highest BCUT2D eigenvalue weighted by atomic mass is 16.3. The second-order valence-electron chi connectivity index (χ2n) is 23.7. The highest BCUT2D eigenvalue weighted by Gasteiger charge is 2.54. The molecule has 2 aliphatic carbocycles. The molecule has 2 heterocycles. The number of benzene rings is 15. The van der Waals surface area contributed by atoms with Gasteiger partial charge in [-0.25, -0.2) is 0 Å². The third-order valence-electron chi connectivity index (χ3n) is 19.2. The first-order chi connectivity index (χ1) is 44.2. The summed E-state index contributed by atoms with van der Waals surface area (Å²) in [5.41, 5.74) is 23.3. The topological polar surface area (TPSA) is 32.8 Å². The van der Waals surface area contributed by atoms with Gasteiger partial charge in [-0.3, -0.25) is 0 Å². The number of hydrogen-bond acceptors (Lipinski definition) is 4. The molecule has 0 fully saturated rings. The van der Waals surface area contributed by atoms with Crippen molar-refractivity contribution in [2.24, 2.45) is 0 Å². The summed E-state index contributed by atoms with van der Waals surface area (Å²) in [4.78, 5) is 4.84. The number of anilines is 6. The van der Waals surface area contributed by atoms with Crippen molar-refractivity contribution in [1.29, 1.82) is 0 Å². The highest BCUT2D eigenvalue weighted by molar-refractivity contribution is 6.24. The summed E-state index contributed by atoms with van der Waals surface area (Å²) in [6.07, 6.45) is 0. The Morgan fingerprint density at radius 1 is 0.225 bits per heavy atom. The molecule has 4 nitrogen and oxygen atoms in total. The molecular formula is C85H52N2O2. The van der Waals surface area contributed by atoms with E-state index in [-0.39, 0.29) is 0 Å². The Morgan fingerprint density at radius 2 is 0.640 bits per heavy atom. The van der Waals surface area contributed by atoms with Crippen LogP contribution in [0.25, 0.3) is 121 Å². The van der Waals surface area contributed by atoms with E-state index in [1.807, 2.05) is 0 Å². The summed E-state index contributed by atoms with van der Waals surface area (Å²) in [7, 11) is 0. The Hall–Kier alpha value is -11.7. The fourth-order valence-corrected chi connectivity index (χ4v) is 15.7. The van der Waals surface area contributed by atoms with E-state index in [1.54, 1.807) is 0 Å². The Balaban J connectivity index is 0.906. The van der Waals surface area contributed by atoms with Crippen LogP contribution in [0.2, 0.25) is 0 Å². The standard InChI is InChI=1S/C85H52N2O2/c1-5-25-53(26-6-1)58-39-21-41-67-69-43-23-47-75(83(69)88-81(58)67)86(55-29-9-3-10-30-55)57-49-50-66-71(51-57)60-33-13-15-37-64(60)78-72-52-77(63-36-14-16-38-65(63)79(72)85(80(66)78)73-45-19-17-34-61(73)62-35-18-20-46-74(62)85)87(56-31-11-4-12-32-56)76-48-24-44-70-68-42-22-40-59(82(68)89-84(70)76)54-27-7-2-8-28-54/h1-52H. The van der Waals surface area contributed by atoms with Crippen molar-refractivity contribution in [2.75, 3.05) is 9.80 Å². The highest BCUT2D eigenvalue weighted by Crippen LogP contribution is 2.68. The van der Waals surface area contributed by atoms with Crippen molar-refractivity contribution >= 4 is 110 Å². The van der Waals surface area contributed by atoms with Gasteiger partial charge in [0, 0.05) is 55.1 Å². The zero-order valence-corrected chi connectivity index (χ0v) is 48.2. The molecule has 15 aromatic carbocycles. The van der Waals surface area contributed by atoms with Gasteiger partial charge in [0.1, 0.15) is 11.2 Å². The second-order valence-corrected chi connectivity index (χ2v) is 23.7. The van der Waals surface area contributed by atoms with Crippen LogP contribution >= 0.6 is 0 Å². The maximum absolute atomic E-state index is 7.30. The van der Waals surface area contributed by atoms with Gasteiger partial charge in [-0.15, -0.1) is 0 Å². The van der Waals surface area contributed by atoms with Gasteiger partial charge in [0.05, 0.1) is 22.5 Å². The van der Waals surface area contributed by atoms with Crippen LogP contribution in [0.1, 0.15) is 22.3 Å². The maximum atomic E-state index is 7.30. The van der Waals surface area contributed by atoms with E-state index in [1.165, 1.54) is 71.4 Å². The zero-order valence-electron chi connectivity index (χ0n) is 48.2. The number of hydrogen-bond donors (Lipinski definition) is 0. The SMILES string of the molecule is c1ccc(-c2cccc3c2oc2c(N(c4ccccc4)c4ccc5c6c(c7ccccc7c5c4)-c4cc(N(c5ccccc5)c5cccc7c5oc5c(-c8ccccc8)cccc57)c5ccccc5c4C64c5ccccc5-c5ccccc54)cccc23)cc1. The van der Waals surface area contributed by atoms with E-state index in [0.717, 1.165) is 106 Å². The van der Waals surface area contributed by atoms with E-state index < -0.39 is 5.41 Å². The first-order valence-electron chi connectivity index (χ1n) is 30.7. The fraction of sp³-hybridized carbons (Fsp3) is 0.0118. The van der Waals surface area contributed by atoms with E-state index >= 15 is 0 Å². The van der Waals surface area contributed by atoms with E-state index in [2.05, 4.69) is 325 Å². The molecule has 0 amide bonds. The summed E-state index contributed by atoms with van der Waals surface area (Å²) in [5, 5.41) is 11.4. The van der Waals surface area contributed by atoms with Crippen molar-refractivity contribution in [2.45, 2.75) is 5.41 Å². The first-order valence-corrected chi connectivity index (χ1v) is 30.7. The first kappa shape index (κ1) is 49.5. The van der Waals surface area contributed by atoms with E-state index in [9.17, 15) is 0 Å². The number of fused-ring (bicyclic) bond motifs is 23. The minimum atomic E-state index is -0.723. The largest absolute Gasteiger partial charge is 0.453 e. The van der Waals surface area contributed by atoms with Crippen LogP contribution in [0.5, 0.6) is 0 Å². The molecule has 0 saturated carbocycles. The molecule has 2 aliphatic rings. The molecule has 0 N–H and O–H groups in total. The van der Waals surface area contributed by atoms with Gasteiger partial charge in [-0.1, -0.05) is 261 Å². The lowest BCUT2D eigenvalue weighted by atomic mass is 9.68. The van der Waals surface area contributed by atoms with Crippen molar-refractivity contribution in [3.05, 3.63) is 338 Å². The molecule has 1 spiro atoms. The lowest BCUT2D eigenvalue weighted by molar-refractivity contribution is 0.670. The third kappa shape index (κ3) is 7.00. The van der Waals surface area contributed by atoms with Crippen molar-refractivity contribution in [3.8, 4) is 44.5 Å². The van der Waals surface area contributed by atoms with Gasteiger partial charge in [0.2, 0.25) is 0 Å². The molecule has 0 atom stereocenters. The molecule has 414 valence electrons. The quantitative estimate of drug-likeness (QED) is 0.142. The molecule has 0 aliphatic heterocycles. The predicted octanol–water partition coefficient (Wildman–Crippen LogP) is 23.6. The van der Waals surface area contributed by atoms with Crippen molar-refractivity contribution in [1.82, 2.24) is 0 Å². The van der Waals surface area contributed by atoms with Crippen molar-refractivity contribution in [3.63, 3.8) is 0 Å². The number of para-hydroxylation sites is 6. The zero-order chi connectivity index (χ0) is 58.3. The molecule has 19 rings (SSSR count). The molecule has 4 heteroatoms. The van der Waals surface area contributed by atoms with E-state index in [0.29, 0.717) is 0 Å². The monoisotopic (exact) mass is 1130 g/mol. The summed E-state index contributed by atoms with van der Waals surface area (Å²) in [6, 6.07) is 115. The van der Waals surface area contributed by atoms with Gasteiger partial charge in [-0.2, -0.15) is 0 Å². The van der Waals surface area contributed by atoms with Crippen LogP contribution in [-0.2, 0) is 5.41 Å². The number of furan rings is 2. The second kappa shape index (κ2) is 19.1. The van der Waals surface area contributed by atoms with Crippen molar-refractivity contribution < 1.29 is 8.83 Å². The van der Waals surface area contributed by atoms with Crippen LogP contribution in [0.3, 0.4) is 0 Å². The summed E-state index contributed by atoms with van der Waals surface area (Å²) in [5.74, 6) is 0. The van der Waals surface area contributed by atoms with Crippen LogP contribution < -0.4 is 9.80 Å². The maximum Gasteiger partial charge on any atom is 0.159 e.